The third kappa shape index (κ3) is 1.42. The van der Waals surface area contributed by atoms with Crippen molar-refractivity contribution in [1.29, 1.82) is 0 Å². The summed E-state index contributed by atoms with van der Waals surface area (Å²) in [7, 11) is 0. The van der Waals surface area contributed by atoms with Crippen LogP contribution in [0.5, 0.6) is 0 Å². The van der Waals surface area contributed by atoms with Crippen molar-refractivity contribution < 1.29 is 8.94 Å². The van der Waals surface area contributed by atoms with Crippen LogP contribution < -0.4 is 11.4 Å². The molecule has 2 N–H and O–H groups in total. The third-order valence-corrected chi connectivity index (χ3v) is 4.00. The van der Waals surface area contributed by atoms with Crippen molar-refractivity contribution in [1.82, 2.24) is 5.16 Å². The largest absolute Gasteiger partial charge is 0.390 e. The van der Waals surface area contributed by atoms with E-state index in [1.807, 2.05) is 35.7 Å². The summed E-state index contributed by atoms with van der Waals surface area (Å²) in [5.41, 5.74) is 6.88. The van der Waals surface area contributed by atoms with E-state index in [9.17, 15) is 4.79 Å². The summed E-state index contributed by atoms with van der Waals surface area (Å²) < 4.78 is 10.3. The smallest absolute Gasteiger partial charge is 0.349 e. The Bertz CT molecular complexity index is 982. The molecule has 0 saturated carbocycles. The molecule has 98 valence electrons. The molecule has 0 bridgehead atoms. The van der Waals surface area contributed by atoms with Crippen molar-refractivity contribution in [2.45, 2.75) is 0 Å². The number of nitrogens with zero attached hydrogens (tertiary/aromatic N) is 1. The Labute approximate surface area is 116 Å². The summed E-state index contributed by atoms with van der Waals surface area (Å²) >= 11 is 1.30. The highest BCUT2D eigenvalue weighted by Gasteiger charge is 2.20. The Balaban J connectivity index is 2.20. The third-order valence-electron chi connectivity index (χ3n) is 3.19. The van der Waals surface area contributed by atoms with Crippen LogP contribution in [0, 0.1) is 0 Å². The molecular formula is C14H8N2O3S. The van der Waals surface area contributed by atoms with Gasteiger partial charge < -0.3 is 14.7 Å². The summed E-state index contributed by atoms with van der Waals surface area (Å²) in [5.74, 6) is 0.124. The Kier molecular flexibility index (Phi) is 2.22. The van der Waals surface area contributed by atoms with Crippen molar-refractivity contribution in [2.24, 2.45) is 0 Å². The Hall–Kier alpha value is -2.60. The van der Waals surface area contributed by atoms with E-state index in [1.54, 1.807) is 0 Å². The fourth-order valence-electron chi connectivity index (χ4n) is 2.28. The molecule has 0 atom stereocenters. The fourth-order valence-corrected chi connectivity index (χ4v) is 3.07. The van der Waals surface area contributed by atoms with Gasteiger partial charge in [-0.25, -0.2) is 4.79 Å². The van der Waals surface area contributed by atoms with Crippen molar-refractivity contribution in [3.63, 3.8) is 0 Å². The molecular weight excluding hydrogens is 276 g/mol. The van der Waals surface area contributed by atoms with E-state index < -0.39 is 5.63 Å². The van der Waals surface area contributed by atoms with Gasteiger partial charge in [-0.2, -0.15) is 0 Å². The van der Waals surface area contributed by atoms with E-state index in [0.717, 1.165) is 10.9 Å². The number of nitrogens with two attached hydrogens (primary N) is 1. The van der Waals surface area contributed by atoms with Gasteiger partial charge in [0.15, 0.2) is 0 Å². The van der Waals surface area contributed by atoms with Crippen LogP contribution in [0.4, 0.5) is 5.00 Å². The zero-order chi connectivity index (χ0) is 13.7. The van der Waals surface area contributed by atoms with Gasteiger partial charge in [0.2, 0.25) is 0 Å². The van der Waals surface area contributed by atoms with E-state index in [0.29, 0.717) is 21.5 Å². The lowest BCUT2D eigenvalue weighted by atomic mass is 10.1. The number of hydrogen-bond acceptors (Lipinski definition) is 6. The maximum Gasteiger partial charge on any atom is 0.349 e. The second-order valence-electron chi connectivity index (χ2n) is 4.34. The molecule has 1 aromatic carbocycles. The number of hydrogen-bond donors (Lipinski definition) is 1. The van der Waals surface area contributed by atoms with Crippen molar-refractivity contribution in [3.05, 3.63) is 46.1 Å². The number of thiophene rings is 1. The van der Waals surface area contributed by atoms with E-state index in [4.69, 9.17) is 14.7 Å². The molecule has 3 aromatic heterocycles. The second-order valence-corrected chi connectivity index (χ2v) is 5.25. The van der Waals surface area contributed by atoms with Gasteiger partial charge in [0.25, 0.3) is 0 Å². The van der Waals surface area contributed by atoms with Crippen LogP contribution >= 0.6 is 11.3 Å². The summed E-state index contributed by atoms with van der Waals surface area (Å²) in [6.45, 7) is 0. The summed E-state index contributed by atoms with van der Waals surface area (Å²) in [5, 5.41) is 8.08. The van der Waals surface area contributed by atoms with Gasteiger partial charge in [0, 0.05) is 16.3 Å². The van der Waals surface area contributed by atoms with E-state index in [1.165, 1.54) is 11.3 Å². The molecule has 6 heteroatoms. The highest BCUT2D eigenvalue weighted by Crippen LogP contribution is 2.36. The van der Waals surface area contributed by atoms with E-state index >= 15 is 0 Å². The molecule has 0 radical (unpaired) electrons. The van der Waals surface area contributed by atoms with Gasteiger partial charge in [-0.3, -0.25) is 0 Å². The normalized spacial score (nSPS) is 11.4. The molecule has 4 rings (SSSR count). The standard InChI is InChI=1S/C14H8N2O3S/c15-12-10-8(6-20-12)9-11(7-4-2-1-3-5-7)16-19-14(9)18-13(10)17/h1-6H,15H2. The molecule has 0 aliphatic carbocycles. The second kappa shape index (κ2) is 3.94. The van der Waals surface area contributed by atoms with Gasteiger partial charge in [-0.05, 0) is 0 Å². The lowest BCUT2D eigenvalue weighted by molar-refractivity contribution is 0.379. The predicted molar refractivity (Wildman–Crippen MR) is 77.8 cm³/mol. The minimum Gasteiger partial charge on any atom is -0.390 e. The van der Waals surface area contributed by atoms with Gasteiger partial charge in [-0.1, -0.05) is 35.5 Å². The van der Waals surface area contributed by atoms with Crippen LogP contribution in [0.2, 0.25) is 0 Å². The van der Waals surface area contributed by atoms with Crippen molar-refractivity contribution >= 4 is 38.3 Å². The first-order valence-electron chi connectivity index (χ1n) is 5.90. The first-order chi connectivity index (χ1) is 9.75. The molecule has 0 saturated heterocycles. The average Bonchev–Trinajstić information content (AvgIpc) is 3.04. The van der Waals surface area contributed by atoms with Crippen LogP contribution in [0.1, 0.15) is 0 Å². The van der Waals surface area contributed by atoms with Gasteiger partial charge in [0.1, 0.15) is 16.1 Å². The fraction of sp³-hybridized carbons (Fsp3) is 0. The molecule has 4 aromatic rings. The minimum atomic E-state index is -0.498. The quantitative estimate of drug-likeness (QED) is 0.580. The molecule has 20 heavy (non-hydrogen) atoms. The highest BCUT2D eigenvalue weighted by atomic mass is 32.1. The molecule has 3 heterocycles. The highest BCUT2D eigenvalue weighted by molar-refractivity contribution is 7.16. The van der Waals surface area contributed by atoms with Crippen LogP contribution in [-0.2, 0) is 0 Å². The molecule has 0 unspecified atom stereocenters. The average molecular weight is 284 g/mol. The van der Waals surface area contributed by atoms with Crippen LogP contribution in [0.15, 0.2) is 49.4 Å². The van der Waals surface area contributed by atoms with Crippen LogP contribution in [0.25, 0.3) is 33.2 Å². The summed E-state index contributed by atoms with van der Waals surface area (Å²) in [4.78, 5) is 11.9. The zero-order valence-corrected chi connectivity index (χ0v) is 10.9. The maximum absolute atomic E-state index is 11.9. The molecule has 0 aliphatic rings. The topological polar surface area (TPSA) is 82.3 Å². The minimum absolute atomic E-state index is 0.124. The monoisotopic (exact) mass is 284 g/mol. The predicted octanol–water partition coefficient (Wildman–Crippen LogP) is 3.24. The summed E-state index contributed by atoms with van der Waals surface area (Å²) in [6, 6.07) is 9.58. The molecule has 0 spiro atoms. The van der Waals surface area contributed by atoms with E-state index in [2.05, 4.69) is 5.16 Å². The number of rotatable bonds is 1. The molecule has 0 fully saturated rings. The number of fused-ring (bicyclic) bond motifs is 3. The lowest BCUT2D eigenvalue weighted by Gasteiger charge is -1.96. The van der Waals surface area contributed by atoms with Gasteiger partial charge in [-0.15, -0.1) is 11.3 Å². The Morgan fingerprint density at radius 1 is 1.15 bits per heavy atom. The first kappa shape index (κ1) is 11.2. The first-order valence-corrected chi connectivity index (χ1v) is 6.78. The van der Waals surface area contributed by atoms with Crippen LogP contribution in [0.3, 0.4) is 0 Å². The molecule has 5 nitrogen and oxygen atoms in total. The number of aromatic nitrogens is 1. The molecule has 0 aliphatic heterocycles. The Morgan fingerprint density at radius 3 is 2.75 bits per heavy atom. The van der Waals surface area contributed by atoms with E-state index in [-0.39, 0.29) is 5.78 Å². The Morgan fingerprint density at radius 2 is 1.95 bits per heavy atom. The van der Waals surface area contributed by atoms with Crippen LogP contribution in [-0.4, -0.2) is 5.16 Å². The number of nitrogen functional groups attached to an aromatic ring is 1. The SMILES string of the molecule is Nc1scc2c1c(=O)oc1onc(-c3ccccc3)c12. The zero-order valence-electron chi connectivity index (χ0n) is 10.1. The number of benzene rings is 1. The maximum atomic E-state index is 11.9. The lowest BCUT2D eigenvalue weighted by Crippen LogP contribution is -1.99. The van der Waals surface area contributed by atoms with Gasteiger partial charge in [0.05, 0.1) is 5.39 Å². The van der Waals surface area contributed by atoms with Crippen molar-refractivity contribution in [3.8, 4) is 11.3 Å². The van der Waals surface area contributed by atoms with Crippen molar-refractivity contribution in [2.75, 3.05) is 5.73 Å². The van der Waals surface area contributed by atoms with Gasteiger partial charge >= 0.3 is 11.4 Å². The summed E-state index contributed by atoms with van der Waals surface area (Å²) in [6.07, 6.45) is 0. The molecule has 0 amide bonds. The number of anilines is 1.